The summed E-state index contributed by atoms with van der Waals surface area (Å²) in [5, 5.41) is 42.6. The number of carbonyl (C=O) groups is 15. The minimum atomic E-state index is -1.77. The van der Waals surface area contributed by atoms with Gasteiger partial charge in [0.25, 0.3) is 0 Å². The van der Waals surface area contributed by atoms with Crippen LogP contribution >= 0.6 is 0 Å². The van der Waals surface area contributed by atoms with E-state index in [1.54, 1.807) is 110 Å². The van der Waals surface area contributed by atoms with Crippen LogP contribution in [0, 0.1) is 23.7 Å². The Morgan fingerprint density at radius 1 is 0.468 bits per heavy atom. The fourth-order valence-electron chi connectivity index (χ4n) is 11.8. The van der Waals surface area contributed by atoms with E-state index in [0.29, 0.717) is 34.9 Å². The number of primary amides is 3. The number of fused-ring (bicyclic) bond motifs is 2. The molecule has 0 radical (unpaired) electrons. The molecular formula is C72H111N21O16. The van der Waals surface area contributed by atoms with E-state index >= 15 is 0 Å². The summed E-state index contributed by atoms with van der Waals surface area (Å²) in [7, 11) is 0. The predicted octanol–water partition coefficient (Wildman–Crippen LogP) is -3.89. The number of aliphatic hydroxyl groups excluding tert-OH is 1. The fraction of sp³-hybridized carbons (Fsp3) is 0.556. The Balaban J connectivity index is 1.53. The third kappa shape index (κ3) is 29.8. The number of nitrogens with two attached hydrogens (primary N) is 6. The summed E-state index contributed by atoms with van der Waals surface area (Å²) in [4.78, 5) is 215. The van der Waals surface area contributed by atoms with Gasteiger partial charge in [-0.1, -0.05) is 98.2 Å². The number of para-hydroxylation sites is 2. The largest absolute Gasteiger partial charge is 0.394 e. The molecule has 0 unspecified atom stereocenters. The molecule has 0 spiro atoms. The van der Waals surface area contributed by atoms with Crippen molar-refractivity contribution >= 4 is 116 Å². The first-order valence-electron chi connectivity index (χ1n) is 36.4. The first-order chi connectivity index (χ1) is 51.5. The number of aliphatic imine (C=N–C) groups is 1. The molecule has 2 heterocycles. The van der Waals surface area contributed by atoms with Crippen molar-refractivity contribution in [2.75, 3.05) is 26.2 Å². The number of carbonyl (C=O) groups excluding carboxylic acids is 15. The molecule has 0 bridgehead atoms. The maximum Gasteiger partial charge on any atom is 0.245 e. The van der Waals surface area contributed by atoms with Crippen LogP contribution in [0.4, 0.5) is 0 Å². The molecule has 2 aromatic heterocycles. The molecule has 0 saturated heterocycles. The molecular weight excluding hydrogens is 1410 g/mol. The summed E-state index contributed by atoms with van der Waals surface area (Å²) in [6.07, 6.45) is 2.88. The second-order valence-corrected chi connectivity index (χ2v) is 28.0. The lowest BCUT2D eigenvalue weighted by atomic mass is 9.95. The zero-order valence-electron chi connectivity index (χ0n) is 63.2. The van der Waals surface area contributed by atoms with Gasteiger partial charge in [-0.2, -0.15) is 0 Å². The maximum atomic E-state index is 14.7. The number of H-pyrrole nitrogens is 2. The Labute approximate surface area is 631 Å². The third-order valence-electron chi connectivity index (χ3n) is 17.9. The van der Waals surface area contributed by atoms with Gasteiger partial charge >= 0.3 is 0 Å². The molecule has 0 aliphatic carbocycles. The summed E-state index contributed by atoms with van der Waals surface area (Å²) in [5.74, 6) is -15.9. The Bertz CT molecular complexity index is 3850. The lowest BCUT2D eigenvalue weighted by Gasteiger charge is -2.30. The second kappa shape index (κ2) is 44.8. The lowest BCUT2D eigenvalue weighted by molar-refractivity contribution is -0.137. The average Bonchev–Trinajstić information content (AvgIpc) is 1.68. The highest BCUT2D eigenvalue weighted by atomic mass is 16.3. The Morgan fingerprint density at radius 3 is 1.38 bits per heavy atom. The molecule has 12 atom stereocenters. The number of benzene rings is 2. The van der Waals surface area contributed by atoms with E-state index in [-0.39, 0.29) is 82.8 Å². The highest BCUT2D eigenvalue weighted by Crippen LogP contribution is 2.23. The Hall–Kier alpha value is -11.2. The smallest absolute Gasteiger partial charge is 0.245 e. The van der Waals surface area contributed by atoms with E-state index in [9.17, 15) is 77.0 Å². The van der Waals surface area contributed by atoms with Gasteiger partial charge in [-0.05, 0) is 98.4 Å². The molecule has 4 rings (SSSR count). The summed E-state index contributed by atoms with van der Waals surface area (Å²) < 4.78 is 0. The molecule has 37 nitrogen and oxygen atoms in total. The van der Waals surface area contributed by atoms with E-state index in [0.717, 1.165) is 10.9 Å². The van der Waals surface area contributed by atoms with E-state index in [1.165, 1.54) is 6.92 Å². The minimum Gasteiger partial charge on any atom is -0.394 e. The van der Waals surface area contributed by atoms with Gasteiger partial charge < -0.3 is 113 Å². The van der Waals surface area contributed by atoms with Crippen LogP contribution in [-0.4, -0.2) is 202 Å². The topological polar surface area (TPSA) is 621 Å². The predicted molar refractivity (Wildman–Crippen MR) is 404 cm³/mol. The number of rotatable bonds is 48. The minimum absolute atomic E-state index is 0.0168. The number of aromatic nitrogens is 2. The molecule has 2 aromatic carbocycles. The second-order valence-electron chi connectivity index (χ2n) is 28.0. The van der Waals surface area contributed by atoms with Crippen LogP contribution in [0.25, 0.3) is 21.8 Å². The van der Waals surface area contributed by atoms with Crippen LogP contribution in [0.5, 0.6) is 0 Å². The van der Waals surface area contributed by atoms with Crippen molar-refractivity contribution < 1.29 is 77.0 Å². The fourth-order valence-corrected chi connectivity index (χ4v) is 11.8. The van der Waals surface area contributed by atoms with Gasteiger partial charge in [-0.3, -0.25) is 76.9 Å². The van der Waals surface area contributed by atoms with Gasteiger partial charge in [0.1, 0.15) is 66.5 Å². The maximum absolute atomic E-state index is 14.7. The first-order valence-corrected chi connectivity index (χ1v) is 36.4. The number of guanidine groups is 1. The molecule has 27 N–H and O–H groups in total. The van der Waals surface area contributed by atoms with Gasteiger partial charge in [0.05, 0.1) is 19.6 Å². The number of amides is 15. The van der Waals surface area contributed by atoms with Crippen molar-refractivity contribution in [3.8, 4) is 0 Å². The summed E-state index contributed by atoms with van der Waals surface area (Å²) in [6.45, 7) is 13.0. The molecule has 4 aromatic rings. The van der Waals surface area contributed by atoms with E-state index in [4.69, 9.17) is 34.4 Å². The van der Waals surface area contributed by atoms with Gasteiger partial charge in [-0.15, -0.1) is 0 Å². The van der Waals surface area contributed by atoms with Crippen molar-refractivity contribution in [3.63, 3.8) is 0 Å². The number of aromatic amines is 2. The van der Waals surface area contributed by atoms with Crippen molar-refractivity contribution in [1.29, 1.82) is 0 Å². The Morgan fingerprint density at radius 2 is 0.908 bits per heavy atom. The molecule has 0 saturated carbocycles. The van der Waals surface area contributed by atoms with Crippen LogP contribution < -0.4 is 98.2 Å². The van der Waals surface area contributed by atoms with Crippen LogP contribution in [0.1, 0.15) is 138 Å². The number of nitrogens with zero attached hydrogens (tertiary/aromatic N) is 1. The number of nitrogens with one attached hydrogen (secondary N) is 14. The molecule has 0 fully saturated rings. The zero-order chi connectivity index (χ0) is 81.4. The lowest BCUT2D eigenvalue weighted by Crippen LogP contribution is -2.62. The van der Waals surface area contributed by atoms with Gasteiger partial charge in [-0.25, -0.2) is 0 Å². The highest BCUT2D eigenvalue weighted by molar-refractivity contribution is 6.01. The average molecular weight is 1530 g/mol. The normalized spacial score (nSPS) is 14.6. The molecule has 0 aliphatic heterocycles. The molecule has 37 heteroatoms. The van der Waals surface area contributed by atoms with Crippen LogP contribution in [0.3, 0.4) is 0 Å². The van der Waals surface area contributed by atoms with Crippen LogP contribution in [-0.2, 0) is 84.8 Å². The summed E-state index contributed by atoms with van der Waals surface area (Å²) in [5.41, 5.74) is 35.6. The van der Waals surface area contributed by atoms with Crippen molar-refractivity contribution in [2.24, 2.45) is 63.1 Å². The SMILES string of the molecule is CC[C@H](C)[C@H](NC(=O)[C@H](CC(C)C)NC(=O)[C@H](CCCCN)NC(=O)CNC(=O)[C@H](CC(N)=O)NC(=O)[C@@H](NC(=O)[C@H](Cc1c[nH]c2ccccc12)NC(=O)[C@@H](NC(=O)[C@H](CO)NC(=O)[C@H](CCCN=C(N)N)NC(C)=O)C(C)C)C(C)C)C(=O)N[C@@H](Cc1c[nH]c2ccccc12)C(=O)N[C@@H](CCC(N)=O)C(N)=O. The van der Waals surface area contributed by atoms with E-state index in [1.807, 2.05) is 6.07 Å². The van der Waals surface area contributed by atoms with E-state index < -0.39 is 192 Å². The van der Waals surface area contributed by atoms with Gasteiger partial charge in [0, 0.05) is 66.9 Å². The van der Waals surface area contributed by atoms with Crippen LogP contribution in [0.2, 0.25) is 0 Å². The number of hydrogen-bond acceptors (Lipinski definition) is 18. The highest BCUT2D eigenvalue weighted by Gasteiger charge is 2.39. The third-order valence-corrected chi connectivity index (χ3v) is 17.9. The van der Waals surface area contributed by atoms with Crippen molar-refractivity contribution in [1.82, 2.24) is 73.8 Å². The zero-order valence-corrected chi connectivity index (χ0v) is 63.2. The quantitative estimate of drug-likeness (QED) is 0.0114. The molecule has 0 aliphatic rings. The van der Waals surface area contributed by atoms with Gasteiger partial charge in [0.15, 0.2) is 5.96 Å². The van der Waals surface area contributed by atoms with Crippen LogP contribution in [0.15, 0.2) is 65.9 Å². The Kier molecular flexibility index (Phi) is 37.0. The van der Waals surface area contributed by atoms with Crippen molar-refractivity contribution in [2.45, 2.75) is 206 Å². The number of aliphatic hydroxyl groups is 1. The molecule has 600 valence electrons. The van der Waals surface area contributed by atoms with Crippen molar-refractivity contribution in [3.05, 3.63) is 72.1 Å². The first kappa shape index (κ1) is 90.2. The number of hydrogen-bond donors (Lipinski definition) is 21. The summed E-state index contributed by atoms with van der Waals surface area (Å²) >= 11 is 0. The number of unbranched alkanes of at least 4 members (excludes halogenated alkanes) is 1. The molecule has 15 amide bonds. The molecule has 109 heavy (non-hydrogen) atoms. The van der Waals surface area contributed by atoms with E-state index in [2.05, 4.69) is 78.8 Å². The summed E-state index contributed by atoms with van der Waals surface area (Å²) in [6, 6.07) is -1.53. The standard InChI is InChI=1S/C72H111N21O16/c1-10-39(8)60(71(109)88-51(29-41-32-80-45-20-13-11-18-43(41)45)65(103)85-47(61(76)99)24-25-55(74)96)93-66(104)50(28-36(2)3)86-64(102)49(22-15-16-26-73)84-57(98)34-82-62(100)53(31-56(75)97)89-70(108)58(37(4)5)91-67(105)52(30-42-33-81-46-21-14-12-19-44(42)46)87-69(107)59(38(6)7)92-68(106)54(35-94)90-63(101)48(83-40(9)95)23-17-27-79-72(77)78/h11-14,18-21,32-33,36-39,47-54,58-60,80-81,94H,10,15-17,22-31,34-35,73H2,1-9H3,(H2,74,96)(H2,75,97)(H2,76,99)(H,82,100)(H,83,95)(H,84,98)(H,85,103)(H,86,102)(H,87,107)(H,88,109)(H,89,108)(H,90,101)(H,91,105)(H,92,106)(H,93,104)(H4,77,78,79)/t39-,47-,48-,49-,50-,51-,52-,53-,54-,58-,59-,60-/m0/s1. The monoisotopic (exact) mass is 1530 g/mol. The van der Waals surface area contributed by atoms with Gasteiger partial charge in [0.2, 0.25) is 88.6 Å².